The lowest BCUT2D eigenvalue weighted by molar-refractivity contribution is -0.129. The van der Waals surface area contributed by atoms with Gasteiger partial charge in [0.05, 0.1) is 17.7 Å². The van der Waals surface area contributed by atoms with Gasteiger partial charge in [0.1, 0.15) is 11.3 Å². The molecular weight excluding hydrogens is 320 g/mol. The van der Waals surface area contributed by atoms with Gasteiger partial charge in [-0.25, -0.2) is 19.2 Å². The Bertz CT molecular complexity index is 690. The molecule has 2 N–H and O–H groups in total. The van der Waals surface area contributed by atoms with E-state index in [4.69, 9.17) is 14.6 Å². The third-order valence-corrected chi connectivity index (χ3v) is 2.92. The summed E-state index contributed by atoms with van der Waals surface area (Å²) in [6.45, 7) is 5.07. The molecule has 24 heavy (non-hydrogen) atoms. The van der Waals surface area contributed by atoms with Crippen molar-refractivity contribution < 1.29 is 38.9 Å². The molecule has 0 atom stereocenters. The fraction of sp³-hybridized carbons (Fsp3) is 0.250. The smallest absolute Gasteiger partial charge is 0.342 e. The number of carbonyl (C=O) groups is 4. The van der Waals surface area contributed by atoms with Crippen LogP contribution in [0.4, 0.5) is 0 Å². The summed E-state index contributed by atoms with van der Waals surface area (Å²) >= 11 is 0. The van der Waals surface area contributed by atoms with Gasteiger partial charge in [-0.15, -0.1) is 0 Å². The number of unbranched alkanes of at least 4 members (excludes halogenated alkanes) is 1. The average Bonchev–Trinajstić information content (AvgIpc) is 2.53. The summed E-state index contributed by atoms with van der Waals surface area (Å²) in [5.41, 5.74) is -2.06. The van der Waals surface area contributed by atoms with Crippen molar-refractivity contribution in [1.29, 1.82) is 0 Å². The largest absolute Gasteiger partial charge is 0.478 e. The van der Waals surface area contributed by atoms with Crippen molar-refractivity contribution in [3.05, 3.63) is 41.5 Å². The van der Waals surface area contributed by atoms with Crippen LogP contribution in [0.15, 0.2) is 24.8 Å². The molecule has 0 aromatic heterocycles. The van der Waals surface area contributed by atoms with Crippen molar-refractivity contribution in [2.24, 2.45) is 0 Å². The number of carbonyl (C=O) groups excluding carboxylic acids is 2. The van der Waals surface area contributed by atoms with Crippen molar-refractivity contribution in [3.8, 4) is 5.75 Å². The molecule has 8 nitrogen and oxygen atoms in total. The van der Waals surface area contributed by atoms with E-state index in [1.807, 2.05) is 6.92 Å². The van der Waals surface area contributed by atoms with Gasteiger partial charge in [-0.3, -0.25) is 0 Å². The van der Waals surface area contributed by atoms with Crippen LogP contribution in [0.3, 0.4) is 0 Å². The van der Waals surface area contributed by atoms with Gasteiger partial charge in [-0.2, -0.15) is 0 Å². The van der Waals surface area contributed by atoms with Crippen LogP contribution in [-0.4, -0.2) is 40.7 Å². The maximum atomic E-state index is 12.2. The average molecular weight is 336 g/mol. The second kappa shape index (κ2) is 8.47. The summed E-state index contributed by atoms with van der Waals surface area (Å²) in [5.74, 6) is -5.64. The standard InChI is InChI=1S/C16H16O8/c1-3-5-8-23-16(22)13-10(24-11(17)4-2)7-6-9(14(18)19)12(13)15(20)21/h4,6-7H,2-3,5,8H2,1H3,(H,18,19)(H,20,21). The van der Waals surface area contributed by atoms with Gasteiger partial charge in [0.2, 0.25) is 0 Å². The zero-order valence-corrected chi connectivity index (χ0v) is 12.9. The van der Waals surface area contributed by atoms with E-state index in [1.54, 1.807) is 0 Å². The summed E-state index contributed by atoms with van der Waals surface area (Å²) in [5, 5.41) is 18.4. The van der Waals surface area contributed by atoms with Crippen LogP contribution in [0.25, 0.3) is 0 Å². The first kappa shape index (κ1) is 18.9. The number of aromatic carboxylic acids is 2. The van der Waals surface area contributed by atoms with Crippen molar-refractivity contribution >= 4 is 23.9 Å². The number of ether oxygens (including phenoxy) is 2. The third kappa shape index (κ3) is 4.42. The highest BCUT2D eigenvalue weighted by molar-refractivity contribution is 6.11. The molecule has 0 radical (unpaired) electrons. The van der Waals surface area contributed by atoms with Crippen LogP contribution in [0.1, 0.15) is 50.8 Å². The maximum Gasteiger partial charge on any atom is 0.342 e. The van der Waals surface area contributed by atoms with Gasteiger partial charge in [0, 0.05) is 6.08 Å². The van der Waals surface area contributed by atoms with Gasteiger partial charge in [-0.1, -0.05) is 19.9 Å². The van der Waals surface area contributed by atoms with E-state index in [2.05, 4.69) is 6.58 Å². The minimum absolute atomic E-state index is 0.0144. The lowest BCUT2D eigenvalue weighted by atomic mass is 9.99. The molecule has 1 rings (SSSR count). The number of carboxylic acids is 2. The molecule has 128 valence electrons. The number of carboxylic acid groups (broad SMARTS) is 2. The molecule has 0 aliphatic heterocycles. The molecule has 1 aromatic carbocycles. The van der Waals surface area contributed by atoms with Gasteiger partial charge in [-0.05, 0) is 18.6 Å². The lowest BCUT2D eigenvalue weighted by Crippen LogP contribution is -2.19. The zero-order valence-electron chi connectivity index (χ0n) is 12.9. The topological polar surface area (TPSA) is 127 Å². The highest BCUT2D eigenvalue weighted by atomic mass is 16.5. The van der Waals surface area contributed by atoms with Crippen LogP contribution < -0.4 is 4.74 Å². The van der Waals surface area contributed by atoms with Gasteiger partial charge in [0.25, 0.3) is 0 Å². The second-order valence-electron chi connectivity index (χ2n) is 4.59. The predicted octanol–water partition coefficient (Wildman–Crippen LogP) is 2.13. The fourth-order valence-electron chi connectivity index (χ4n) is 1.80. The van der Waals surface area contributed by atoms with Crippen LogP contribution in [-0.2, 0) is 9.53 Å². The minimum atomic E-state index is -1.66. The van der Waals surface area contributed by atoms with E-state index in [0.717, 1.165) is 24.6 Å². The molecule has 0 aliphatic rings. The van der Waals surface area contributed by atoms with E-state index in [-0.39, 0.29) is 6.61 Å². The second-order valence-corrected chi connectivity index (χ2v) is 4.59. The van der Waals surface area contributed by atoms with Crippen molar-refractivity contribution in [1.82, 2.24) is 0 Å². The number of benzene rings is 1. The Labute approximate surface area is 137 Å². The molecule has 0 aliphatic carbocycles. The molecule has 0 fully saturated rings. The summed E-state index contributed by atoms with van der Waals surface area (Å²) in [4.78, 5) is 46.2. The fourth-order valence-corrected chi connectivity index (χ4v) is 1.80. The Balaban J connectivity index is 3.49. The lowest BCUT2D eigenvalue weighted by Gasteiger charge is -2.13. The maximum absolute atomic E-state index is 12.2. The summed E-state index contributed by atoms with van der Waals surface area (Å²) in [6, 6.07) is 1.95. The predicted molar refractivity (Wildman–Crippen MR) is 81.4 cm³/mol. The molecule has 0 spiro atoms. The van der Waals surface area contributed by atoms with Crippen molar-refractivity contribution in [3.63, 3.8) is 0 Å². The number of hydrogen-bond donors (Lipinski definition) is 2. The normalized spacial score (nSPS) is 9.88. The Morgan fingerprint density at radius 3 is 2.29 bits per heavy atom. The van der Waals surface area contributed by atoms with E-state index in [9.17, 15) is 24.3 Å². The Hall–Kier alpha value is -3.16. The molecule has 0 saturated carbocycles. The summed E-state index contributed by atoms with van der Waals surface area (Å²) in [6.07, 6.45) is 2.08. The highest BCUT2D eigenvalue weighted by Crippen LogP contribution is 2.27. The summed E-state index contributed by atoms with van der Waals surface area (Å²) < 4.78 is 9.77. The molecule has 0 saturated heterocycles. The SMILES string of the molecule is C=CC(=O)Oc1ccc(C(=O)O)c(C(=O)O)c1C(=O)OCCCC. The Kier molecular flexibility index (Phi) is 6.66. The molecule has 0 bridgehead atoms. The minimum Gasteiger partial charge on any atom is -0.478 e. The third-order valence-electron chi connectivity index (χ3n) is 2.92. The molecule has 0 amide bonds. The molecule has 0 heterocycles. The van der Waals surface area contributed by atoms with Gasteiger partial charge < -0.3 is 19.7 Å². The Morgan fingerprint density at radius 1 is 1.12 bits per heavy atom. The molecule has 8 heteroatoms. The summed E-state index contributed by atoms with van der Waals surface area (Å²) in [7, 11) is 0. The van der Waals surface area contributed by atoms with Crippen LogP contribution in [0, 0.1) is 0 Å². The van der Waals surface area contributed by atoms with Crippen molar-refractivity contribution in [2.75, 3.05) is 6.61 Å². The molecular formula is C16H16O8. The number of rotatable bonds is 8. The first-order chi connectivity index (χ1) is 11.3. The Morgan fingerprint density at radius 2 is 1.79 bits per heavy atom. The van der Waals surface area contributed by atoms with Gasteiger partial charge in [0.15, 0.2) is 0 Å². The monoisotopic (exact) mass is 336 g/mol. The zero-order chi connectivity index (χ0) is 18.3. The highest BCUT2D eigenvalue weighted by Gasteiger charge is 2.29. The van der Waals surface area contributed by atoms with Crippen LogP contribution >= 0.6 is 0 Å². The van der Waals surface area contributed by atoms with Gasteiger partial charge >= 0.3 is 23.9 Å². The number of hydrogen-bond acceptors (Lipinski definition) is 6. The quantitative estimate of drug-likeness (QED) is 0.320. The first-order valence-corrected chi connectivity index (χ1v) is 6.98. The van der Waals surface area contributed by atoms with Crippen molar-refractivity contribution in [2.45, 2.75) is 19.8 Å². The number of esters is 2. The molecule has 1 aromatic rings. The van der Waals surface area contributed by atoms with Crippen LogP contribution in [0.5, 0.6) is 5.75 Å². The van der Waals surface area contributed by atoms with E-state index in [0.29, 0.717) is 6.42 Å². The van der Waals surface area contributed by atoms with E-state index < -0.39 is 46.3 Å². The van der Waals surface area contributed by atoms with Crippen LogP contribution in [0.2, 0.25) is 0 Å². The molecule has 0 unspecified atom stereocenters. The van der Waals surface area contributed by atoms with E-state index >= 15 is 0 Å². The first-order valence-electron chi connectivity index (χ1n) is 6.98. The van der Waals surface area contributed by atoms with E-state index in [1.165, 1.54) is 0 Å².